The molecule has 1 amide bonds. The molecular weight excluding hydrogens is 224 g/mol. The summed E-state index contributed by atoms with van der Waals surface area (Å²) in [6, 6.07) is 3.25. The molecule has 16 heavy (non-hydrogen) atoms. The minimum absolute atomic E-state index is 0.137. The summed E-state index contributed by atoms with van der Waals surface area (Å²) in [5.74, 6) is -0.137. The van der Waals surface area contributed by atoms with Gasteiger partial charge in [-0.15, -0.1) is 0 Å². The number of aromatic nitrogens is 1. The van der Waals surface area contributed by atoms with Crippen LogP contribution in [0.15, 0.2) is 18.3 Å². The van der Waals surface area contributed by atoms with Gasteiger partial charge in [-0.05, 0) is 36.8 Å². The van der Waals surface area contributed by atoms with Gasteiger partial charge in [0.1, 0.15) is 5.69 Å². The van der Waals surface area contributed by atoms with Crippen molar-refractivity contribution in [3.63, 3.8) is 0 Å². The maximum Gasteiger partial charge on any atom is 0.269 e. The number of carbonyl (C=O) groups is 1. The maximum atomic E-state index is 11.8. The molecule has 4 heteroatoms. The molecule has 1 aliphatic carbocycles. The van der Waals surface area contributed by atoms with E-state index in [2.05, 4.69) is 17.2 Å². The van der Waals surface area contributed by atoms with E-state index >= 15 is 0 Å². The number of carbonyl (C=O) groups excluding carboxylic acids is 1. The van der Waals surface area contributed by atoms with Gasteiger partial charge in [0.05, 0.1) is 0 Å². The van der Waals surface area contributed by atoms with E-state index in [0.717, 1.165) is 13.0 Å². The van der Waals surface area contributed by atoms with Crippen LogP contribution in [0.3, 0.4) is 0 Å². The topological polar surface area (TPSA) is 42.0 Å². The standard InChI is InChI=1S/C12H15ClN2O/c1-2-12(4-5-12)8-15-11(16)10-7-9(13)3-6-14-10/h3,6-7H,2,4-5,8H2,1H3,(H,15,16). The lowest BCUT2D eigenvalue weighted by Crippen LogP contribution is -2.30. The molecule has 1 aromatic rings. The van der Waals surface area contributed by atoms with Gasteiger partial charge in [-0.2, -0.15) is 0 Å². The van der Waals surface area contributed by atoms with E-state index in [1.165, 1.54) is 12.8 Å². The fourth-order valence-electron chi connectivity index (χ4n) is 1.72. The molecule has 86 valence electrons. The van der Waals surface area contributed by atoms with Crippen LogP contribution in [0.25, 0.3) is 0 Å². The Morgan fingerprint density at radius 1 is 1.62 bits per heavy atom. The molecular formula is C12H15ClN2O. The normalized spacial score (nSPS) is 16.9. The van der Waals surface area contributed by atoms with Crippen molar-refractivity contribution in [2.75, 3.05) is 6.54 Å². The van der Waals surface area contributed by atoms with Crippen LogP contribution in [0.4, 0.5) is 0 Å². The lowest BCUT2D eigenvalue weighted by Gasteiger charge is -2.12. The molecule has 0 aromatic carbocycles. The van der Waals surface area contributed by atoms with E-state index in [1.54, 1.807) is 18.3 Å². The molecule has 1 fully saturated rings. The summed E-state index contributed by atoms with van der Waals surface area (Å²) in [6.07, 6.45) is 5.10. The molecule has 1 N–H and O–H groups in total. The average Bonchev–Trinajstić information content (AvgIpc) is 3.07. The number of rotatable bonds is 4. The van der Waals surface area contributed by atoms with Gasteiger partial charge in [0.25, 0.3) is 5.91 Å². The summed E-state index contributed by atoms with van der Waals surface area (Å²) in [6.45, 7) is 2.91. The lowest BCUT2D eigenvalue weighted by molar-refractivity contribution is 0.0939. The van der Waals surface area contributed by atoms with E-state index in [4.69, 9.17) is 11.6 Å². The van der Waals surface area contributed by atoms with Crippen LogP contribution in [-0.2, 0) is 0 Å². The molecule has 3 nitrogen and oxygen atoms in total. The number of hydrogen-bond acceptors (Lipinski definition) is 2. The number of nitrogens with one attached hydrogen (secondary N) is 1. The van der Waals surface area contributed by atoms with Crippen molar-refractivity contribution in [1.82, 2.24) is 10.3 Å². The van der Waals surface area contributed by atoms with Gasteiger partial charge in [-0.1, -0.05) is 18.5 Å². The zero-order valence-electron chi connectivity index (χ0n) is 9.29. The molecule has 0 spiro atoms. The summed E-state index contributed by atoms with van der Waals surface area (Å²) in [7, 11) is 0. The number of nitrogens with zero attached hydrogens (tertiary/aromatic N) is 1. The van der Waals surface area contributed by atoms with E-state index < -0.39 is 0 Å². The van der Waals surface area contributed by atoms with Gasteiger partial charge in [0.15, 0.2) is 0 Å². The highest BCUT2D eigenvalue weighted by Crippen LogP contribution is 2.47. The lowest BCUT2D eigenvalue weighted by atomic mass is 10.0. The summed E-state index contributed by atoms with van der Waals surface area (Å²) in [5, 5.41) is 3.46. The van der Waals surface area contributed by atoms with Crippen LogP contribution in [0.5, 0.6) is 0 Å². The van der Waals surface area contributed by atoms with Gasteiger partial charge in [0.2, 0.25) is 0 Å². The maximum absolute atomic E-state index is 11.8. The molecule has 0 radical (unpaired) electrons. The van der Waals surface area contributed by atoms with E-state index in [1.807, 2.05) is 0 Å². The molecule has 0 bridgehead atoms. The Labute approximate surface area is 100 Å². The van der Waals surface area contributed by atoms with Gasteiger partial charge in [0, 0.05) is 17.8 Å². The van der Waals surface area contributed by atoms with Crippen LogP contribution in [-0.4, -0.2) is 17.4 Å². The van der Waals surface area contributed by atoms with Crippen molar-refractivity contribution in [3.8, 4) is 0 Å². The molecule has 1 saturated carbocycles. The van der Waals surface area contributed by atoms with Gasteiger partial charge in [-0.25, -0.2) is 0 Å². The van der Waals surface area contributed by atoms with Crippen LogP contribution < -0.4 is 5.32 Å². The predicted molar refractivity (Wildman–Crippen MR) is 63.5 cm³/mol. The van der Waals surface area contributed by atoms with Crippen molar-refractivity contribution in [2.24, 2.45) is 5.41 Å². The molecule has 0 atom stereocenters. The van der Waals surface area contributed by atoms with Crippen molar-refractivity contribution >= 4 is 17.5 Å². The van der Waals surface area contributed by atoms with Crippen molar-refractivity contribution < 1.29 is 4.79 Å². The first kappa shape index (κ1) is 11.4. The predicted octanol–water partition coefficient (Wildman–Crippen LogP) is 2.66. The summed E-state index contributed by atoms with van der Waals surface area (Å²) >= 11 is 5.80. The number of halogens is 1. The second-order valence-corrected chi connectivity index (χ2v) is 4.83. The second kappa shape index (κ2) is 4.42. The Hall–Kier alpha value is -1.09. The van der Waals surface area contributed by atoms with Gasteiger partial charge >= 0.3 is 0 Å². The Kier molecular flexibility index (Phi) is 3.15. The zero-order valence-corrected chi connectivity index (χ0v) is 10.0. The number of pyridine rings is 1. The van der Waals surface area contributed by atoms with Crippen LogP contribution in [0.2, 0.25) is 5.02 Å². The molecule has 0 unspecified atom stereocenters. The number of amides is 1. The second-order valence-electron chi connectivity index (χ2n) is 4.40. The van der Waals surface area contributed by atoms with Crippen molar-refractivity contribution in [1.29, 1.82) is 0 Å². The fraction of sp³-hybridized carbons (Fsp3) is 0.500. The SMILES string of the molecule is CCC1(CNC(=O)c2cc(Cl)ccn2)CC1. The summed E-state index contributed by atoms with van der Waals surface area (Å²) in [5.41, 5.74) is 0.744. The molecule has 0 aliphatic heterocycles. The third-order valence-electron chi connectivity index (χ3n) is 3.29. The molecule has 0 saturated heterocycles. The molecule has 1 aromatic heterocycles. The van der Waals surface area contributed by atoms with E-state index in [0.29, 0.717) is 16.1 Å². The average molecular weight is 239 g/mol. The van der Waals surface area contributed by atoms with Crippen LogP contribution in [0, 0.1) is 5.41 Å². The highest BCUT2D eigenvalue weighted by Gasteiger charge is 2.40. The van der Waals surface area contributed by atoms with Crippen LogP contribution in [0.1, 0.15) is 36.7 Å². The largest absolute Gasteiger partial charge is 0.350 e. The van der Waals surface area contributed by atoms with E-state index in [-0.39, 0.29) is 5.91 Å². The summed E-state index contributed by atoms with van der Waals surface area (Å²) < 4.78 is 0. The highest BCUT2D eigenvalue weighted by molar-refractivity contribution is 6.30. The van der Waals surface area contributed by atoms with Gasteiger partial charge in [-0.3, -0.25) is 9.78 Å². The summed E-state index contributed by atoms with van der Waals surface area (Å²) in [4.78, 5) is 15.7. The number of hydrogen-bond donors (Lipinski definition) is 1. The van der Waals surface area contributed by atoms with Crippen molar-refractivity contribution in [3.05, 3.63) is 29.0 Å². The Balaban J connectivity index is 1.93. The van der Waals surface area contributed by atoms with Crippen molar-refractivity contribution in [2.45, 2.75) is 26.2 Å². The quantitative estimate of drug-likeness (QED) is 0.876. The third kappa shape index (κ3) is 2.53. The minimum atomic E-state index is -0.137. The Bertz CT molecular complexity index is 402. The monoisotopic (exact) mass is 238 g/mol. The van der Waals surface area contributed by atoms with Gasteiger partial charge < -0.3 is 5.32 Å². The Morgan fingerprint density at radius 3 is 2.94 bits per heavy atom. The molecule has 1 aliphatic rings. The smallest absolute Gasteiger partial charge is 0.269 e. The zero-order chi connectivity index (χ0) is 11.6. The fourth-order valence-corrected chi connectivity index (χ4v) is 1.88. The van der Waals surface area contributed by atoms with Crippen LogP contribution >= 0.6 is 11.6 Å². The first-order valence-corrected chi connectivity index (χ1v) is 5.93. The molecule has 2 rings (SSSR count). The highest BCUT2D eigenvalue weighted by atomic mass is 35.5. The third-order valence-corrected chi connectivity index (χ3v) is 3.52. The van der Waals surface area contributed by atoms with E-state index in [9.17, 15) is 4.79 Å². The molecule has 1 heterocycles. The first-order chi connectivity index (χ1) is 7.65. The first-order valence-electron chi connectivity index (χ1n) is 5.55. The Morgan fingerprint density at radius 2 is 2.38 bits per heavy atom. The minimum Gasteiger partial charge on any atom is -0.350 e.